The van der Waals surface area contributed by atoms with Crippen LogP contribution in [0.15, 0.2) is 29.0 Å². The van der Waals surface area contributed by atoms with Gasteiger partial charge in [0.05, 0.1) is 6.04 Å². The van der Waals surface area contributed by atoms with Crippen molar-refractivity contribution in [3.63, 3.8) is 0 Å². The Hall–Kier alpha value is -1.27. The summed E-state index contributed by atoms with van der Waals surface area (Å²) in [5, 5.41) is 9.73. The van der Waals surface area contributed by atoms with Crippen molar-refractivity contribution >= 4 is 15.9 Å². The topological polar surface area (TPSA) is 53.6 Å². The maximum Gasteiger partial charge on any atom is 0.146 e. The Kier molecular flexibility index (Phi) is 3.86. The molecular weight excluding hydrogens is 287 g/mol. The van der Waals surface area contributed by atoms with Gasteiger partial charge in [0.2, 0.25) is 0 Å². The zero-order valence-electron chi connectivity index (χ0n) is 9.24. The van der Waals surface area contributed by atoms with Crippen LogP contribution in [0.25, 0.3) is 0 Å². The lowest BCUT2D eigenvalue weighted by Gasteiger charge is -2.16. The molecule has 2 rings (SSSR count). The highest BCUT2D eigenvalue weighted by molar-refractivity contribution is 9.10. The van der Waals surface area contributed by atoms with Crippen LogP contribution < -0.4 is 5.32 Å². The lowest BCUT2D eigenvalue weighted by atomic mass is 10.1. The van der Waals surface area contributed by atoms with Crippen LogP contribution in [0, 0.1) is 5.82 Å². The maximum atomic E-state index is 13.8. The summed E-state index contributed by atoms with van der Waals surface area (Å²) >= 11 is 3.34. The number of hydrogen-bond donors (Lipinski definition) is 2. The summed E-state index contributed by atoms with van der Waals surface area (Å²) in [5.74, 6) is 0.333. The first kappa shape index (κ1) is 12.2. The van der Waals surface area contributed by atoms with Gasteiger partial charge in [0.15, 0.2) is 0 Å². The minimum Gasteiger partial charge on any atom is -0.304 e. The number of benzene rings is 1. The predicted octanol–water partition coefficient (Wildman–Crippen LogP) is 2.41. The Balaban J connectivity index is 2.42. The lowest BCUT2D eigenvalue weighted by Crippen LogP contribution is -2.24. The number of halogens is 2. The fourth-order valence-corrected chi connectivity index (χ4v) is 2.03. The molecule has 2 N–H and O–H groups in total. The van der Waals surface area contributed by atoms with Gasteiger partial charge >= 0.3 is 0 Å². The fraction of sp³-hybridized carbons (Fsp3) is 0.273. The third kappa shape index (κ3) is 2.70. The van der Waals surface area contributed by atoms with Crippen molar-refractivity contribution in [2.24, 2.45) is 0 Å². The van der Waals surface area contributed by atoms with E-state index >= 15 is 0 Å². The molecule has 0 aliphatic carbocycles. The Labute approximate surface area is 107 Å². The van der Waals surface area contributed by atoms with Crippen LogP contribution in [0.3, 0.4) is 0 Å². The number of H-pyrrole nitrogens is 1. The number of aromatic amines is 1. The van der Waals surface area contributed by atoms with Crippen LogP contribution in [0.4, 0.5) is 4.39 Å². The van der Waals surface area contributed by atoms with E-state index in [0.717, 1.165) is 4.47 Å². The van der Waals surface area contributed by atoms with Crippen molar-refractivity contribution in [1.29, 1.82) is 0 Å². The third-order valence-electron chi connectivity index (χ3n) is 2.38. The summed E-state index contributed by atoms with van der Waals surface area (Å²) in [5.41, 5.74) is 0.540. The molecule has 0 fully saturated rings. The zero-order chi connectivity index (χ0) is 12.3. The monoisotopic (exact) mass is 298 g/mol. The molecule has 1 heterocycles. The number of nitrogens with zero attached hydrogens (tertiary/aromatic N) is 2. The molecule has 0 spiro atoms. The summed E-state index contributed by atoms with van der Waals surface area (Å²) in [4.78, 5) is 4.07. The van der Waals surface area contributed by atoms with Gasteiger partial charge in [-0.3, -0.25) is 5.10 Å². The highest BCUT2D eigenvalue weighted by Crippen LogP contribution is 2.24. The molecule has 1 atom stereocenters. The Morgan fingerprint density at radius 1 is 1.53 bits per heavy atom. The summed E-state index contributed by atoms with van der Waals surface area (Å²) in [6.45, 7) is 2.66. The molecule has 0 aliphatic heterocycles. The molecule has 2 aromatic rings. The Morgan fingerprint density at radius 2 is 2.35 bits per heavy atom. The van der Waals surface area contributed by atoms with E-state index in [9.17, 15) is 4.39 Å². The van der Waals surface area contributed by atoms with Gasteiger partial charge in [-0.1, -0.05) is 22.9 Å². The van der Waals surface area contributed by atoms with E-state index in [0.29, 0.717) is 17.9 Å². The first-order valence-electron chi connectivity index (χ1n) is 5.26. The molecule has 1 aromatic heterocycles. The predicted molar refractivity (Wildman–Crippen MR) is 66.0 cm³/mol. The molecule has 0 saturated carbocycles. The normalized spacial score (nSPS) is 12.6. The minimum absolute atomic E-state index is 0.268. The van der Waals surface area contributed by atoms with Crippen molar-refractivity contribution in [2.45, 2.75) is 13.0 Å². The average Bonchev–Trinajstić information content (AvgIpc) is 2.83. The van der Waals surface area contributed by atoms with Gasteiger partial charge in [-0.2, -0.15) is 5.10 Å². The van der Waals surface area contributed by atoms with E-state index in [1.165, 1.54) is 12.4 Å². The molecule has 0 radical (unpaired) electrons. The number of aromatic nitrogens is 3. The molecule has 0 amide bonds. The average molecular weight is 299 g/mol. The van der Waals surface area contributed by atoms with Gasteiger partial charge in [0, 0.05) is 10.0 Å². The summed E-state index contributed by atoms with van der Waals surface area (Å²) < 4.78 is 14.6. The lowest BCUT2D eigenvalue weighted by molar-refractivity contribution is 0.543. The molecule has 90 valence electrons. The summed E-state index contributed by atoms with van der Waals surface area (Å²) in [6, 6.07) is 4.52. The van der Waals surface area contributed by atoms with Crippen LogP contribution in [-0.4, -0.2) is 21.7 Å². The zero-order valence-corrected chi connectivity index (χ0v) is 10.8. The summed E-state index contributed by atoms with van der Waals surface area (Å²) in [7, 11) is 0. The molecular formula is C11H12BrFN4. The summed E-state index contributed by atoms with van der Waals surface area (Å²) in [6.07, 6.45) is 1.41. The van der Waals surface area contributed by atoms with Crippen LogP contribution in [0.2, 0.25) is 0 Å². The SMILES string of the molecule is CCNC(c1ncn[nH]1)c1cc(Br)ccc1F. The van der Waals surface area contributed by atoms with E-state index in [1.54, 1.807) is 12.1 Å². The molecule has 0 saturated heterocycles. The number of rotatable bonds is 4. The number of hydrogen-bond acceptors (Lipinski definition) is 3. The highest BCUT2D eigenvalue weighted by atomic mass is 79.9. The van der Waals surface area contributed by atoms with Gasteiger partial charge in [-0.05, 0) is 24.7 Å². The van der Waals surface area contributed by atoms with Crippen LogP contribution in [0.5, 0.6) is 0 Å². The van der Waals surface area contributed by atoms with Gasteiger partial charge < -0.3 is 5.32 Å². The third-order valence-corrected chi connectivity index (χ3v) is 2.88. The standard InChI is InChI=1S/C11H12BrFN4/c1-2-14-10(11-15-6-16-17-11)8-5-7(12)3-4-9(8)13/h3-6,10,14H,2H2,1H3,(H,15,16,17). The quantitative estimate of drug-likeness (QED) is 0.911. The molecule has 1 unspecified atom stereocenters. The minimum atomic E-state index is -0.319. The van der Waals surface area contributed by atoms with Crippen molar-refractivity contribution in [2.75, 3.05) is 6.54 Å². The fourth-order valence-electron chi connectivity index (χ4n) is 1.65. The second-order valence-corrected chi connectivity index (χ2v) is 4.44. The van der Waals surface area contributed by atoms with E-state index in [-0.39, 0.29) is 11.9 Å². The molecule has 0 bridgehead atoms. The van der Waals surface area contributed by atoms with Crippen molar-refractivity contribution < 1.29 is 4.39 Å². The molecule has 0 aliphatic rings. The van der Waals surface area contributed by atoms with Crippen molar-refractivity contribution in [3.05, 3.63) is 46.2 Å². The van der Waals surface area contributed by atoms with Crippen LogP contribution in [-0.2, 0) is 0 Å². The van der Waals surface area contributed by atoms with E-state index in [1.807, 2.05) is 6.92 Å². The van der Waals surface area contributed by atoms with Gasteiger partial charge in [-0.25, -0.2) is 9.37 Å². The van der Waals surface area contributed by atoms with E-state index < -0.39 is 0 Å². The Morgan fingerprint density at radius 3 is 3.00 bits per heavy atom. The Bertz CT molecular complexity index is 486. The smallest absolute Gasteiger partial charge is 0.146 e. The first-order valence-corrected chi connectivity index (χ1v) is 6.05. The van der Waals surface area contributed by atoms with E-state index in [2.05, 4.69) is 36.4 Å². The van der Waals surface area contributed by atoms with Gasteiger partial charge in [0.1, 0.15) is 18.0 Å². The highest BCUT2D eigenvalue weighted by Gasteiger charge is 2.19. The molecule has 6 heteroatoms. The van der Waals surface area contributed by atoms with Crippen molar-refractivity contribution in [3.8, 4) is 0 Å². The largest absolute Gasteiger partial charge is 0.304 e. The molecule has 4 nitrogen and oxygen atoms in total. The second-order valence-electron chi connectivity index (χ2n) is 3.53. The van der Waals surface area contributed by atoms with Crippen LogP contribution >= 0.6 is 15.9 Å². The second kappa shape index (κ2) is 5.37. The van der Waals surface area contributed by atoms with E-state index in [4.69, 9.17) is 0 Å². The molecule has 1 aromatic carbocycles. The van der Waals surface area contributed by atoms with Crippen LogP contribution in [0.1, 0.15) is 24.4 Å². The first-order chi connectivity index (χ1) is 8.22. The van der Waals surface area contributed by atoms with Crippen molar-refractivity contribution in [1.82, 2.24) is 20.5 Å². The van der Waals surface area contributed by atoms with Gasteiger partial charge in [-0.15, -0.1) is 0 Å². The van der Waals surface area contributed by atoms with Gasteiger partial charge in [0.25, 0.3) is 0 Å². The molecule has 17 heavy (non-hydrogen) atoms. The number of nitrogens with one attached hydrogen (secondary N) is 2. The maximum absolute atomic E-state index is 13.8.